The number of H-pyrrole nitrogens is 1. The zero-order valence-corrected chi connectivity index (χ0v) is 23.8. The first-order valence-electron chi connectivity index (χ1n) is 13.3. The molecule has 214 valence electrons. The third-order valence-corrected chi connectivity index (χ3v) is 8.74. The first-order valence-corrected chi connectivity index (χ1v) is 14.8. The van der Waals surface area contributed by atoms with Gasteiger partial charge in [-0.2, -0.15) is 9.40 Å². The topological polar surface area (TPSA) is 127 Å². The van der Waals surface area contributed by atoms with Crippen LogP contribution in [0, 0.1) is 5.82 Å². The number of hydrogen-bond donors (Lipinski definition) is 1. The van der Waals surface area contributed by atoms with E-state index in [0.29, 0.717) is 52.2 Å². The minimum atomic E-state index is -4.06. The van der Waals surface area contributed by atoms with E-state index in [1.165, 1.54) is 51.5 Å². The van der Waals surface area contributed by atoms with E-state index in [1.54, 1.807) is 20.0 Å². The molecule has 2 aromatic carbocycles. The Kier molecular flexibility index (Phi) is 7.87. The van der Waals surface area contributed by atoms with Crippen molar-refractivity contribution in [3.63, 3.8) is 0 Å². The number of nitrogens with zero attached hydrogens (tertiary/aromatic N) is 4. The number of sulfonamides is 1. The first kappa shape index (κ1) is 28.4. The summed E-state index contributed by atoms with van der Waals surface area (Å²) < 4.78 is 49.4. The van der Waals surface area contributed by atoms with Gasteiger partial charge in [-0.15, -0.1) is 0 Å². The normalized spacial score (nSPS) is 15.6. The number of rotatable bonds is 8. The number of nitrogens with one attached hydrogen (secondary N) is 1. The Balaban J connectivity index is 1.56. The molecule has 1 N–H and O–H groups in total. The number of ether oxygens (including phenoxy) is 1. The Labute approximate surface area is 236 Å². The van der Waals surface area contributed by atoms with Crippen molar-refractivity contribution in [3.8, 4) is 17.1 Å². The molecule has 1 aliphatic rings. The third kappa shape index (κ3) is 5.57. The van der Waals surface area contributed by atoms with Crippen LogP contribution in [-0.4, -0.2) is 58.0 Å². The molecule has 12 heteroatoms. The minimum Gasteiger partial charge on any atom is -0.493 e. The highest BCUT2D eigenvalue weighted by atomic mass is 32.2. The van der Waals surface area contributed by atoms with Crippen molar-refractivity contribution in [1.29, 1.82) is 0 Å². The monoisotopic (exact) mass is 579 g/mol. The molecule has 0 bridgehead atoms. The lowest BCUT2D eigenvalue weighted by Crippen LogP contribution is -2.40. The Hall–Kier alpha value is -4.16. The van der Waals surface area contributed by atoms with Crippen molar-refractivity contribution < 1.29 is 22.3 Å². The van der Waals surface area contributed by atoms with Gasteiger partial charge < -0.3 is 9.72 Å². The van der Waals surface area contributed by atoms with Crippen LogP contribution >= 0.6 is 0 Å². The zero-order valence-electron chi connectivity index (χ0n) is 23.0. The zero-order chi connectivity index (χ0) is 29.3. The predicted molar refractivity (Wildman–Crippen MR) is 152 cm³/mol. The number of aromatic amines is 1. The fourth-order valence-corrected chi connectivity index (χ4v) is 6.35. The predicted octanol–water partition coefficient (Wildman–Crippen LogP) is 3.86. The lowest BCUT2D eigenvalue weighted by Gasteiger charge is -2.27. The second-order valence-electron chi connectivity index (χ2n) is 9.76. The van der Waals surface area contributed by atoms with Crippen molar-refractivity contribution in [2.24, 2.45) is 7.05 Å². The molecule has 10 nitrogen and oxygen atoms in total. The van der Waals surface area contributed by atoms with Crippen LogP contribution in [-0.2, 0) is 28.3 Å². The van der Waals surface area contributed by atoms with Gasteiger partial charge in [-0.25, -0.2) is 17.8 Å². The molecule has 41 heavy (non-hydrogen) atoms. The number of Topliss-reactive ketones (excluding diaryl/α,β-unsaturated/α-hetero) is 1. The molecule has 1 saturated heterocycles. The van der Waals surface area contributed by atoms with Crippen LogP contribution < -0.4 is 10.3 Å². The van der Waals surface area contributed by atoms with Crippen LogP contribution in [0.25, 0.3) is 28.5 Å². The van der Waals surface area contributed by atoms with E-state index >= 15 is 0 Å². The van der Waals surface area contributed by atoms with E-state index in [2.05, 4.69) is 10.1 Å². The van der Waals surface area contributed by atoms with Gasteiger partial charge in [0.1, 0.15) is 22.9 Å². The highest BCUT2D eigenvalue weighted by Gasteiger charge is 2.32. The summed E-state index contributed by atoms with van der Waals surface area (Å²) in [7, 11) is -2.38. The number of fused-ring (bicyclic) bond motifs is 1. The molecule has 0 amide bonds. The summed E-state index contributed by atoms with van der Waals surface area (Å²) in [6.45, 7) is 4.00. The standard InChI is InChI=1S/C29H30FN5O5S/c1-4-6-23-26-27(34(3)33-23)29(37)32-28(31-26)22-16-21(11-12-25(22)40-5-2)41(38,39)35-14-13-24(36)19(17-35)15-18-7-9-20(30)10-8-18/h7-12,15-16H,4-6,13-14,17H2,1-3H3,(H,31,32,37)/b19-15+. The highest BCUT2D eigenvalue weighted by Crippen LogP contribution is 2.33. The SMILES string of the molecule is CCCc1nn(C)c2c(=O)[nH]c(-c3cc(S(=O)(=O)N4CCC(=O)/C(=C/c5ccc(F)cc5)C4)ccc3OCC)nc12. The lowest BCUT2D eigenvalue weighted by molar-refractivity contribution is -0.116. The summed E-state index contributed by atoms with van der Waals surface area (Å²) in [5.74, 6) is -0.0417. The van der Waals surface area contributed by atoms with Crippen LogP contribution in [0.4, 0.5) is 4.39 Å². The average molecular weight is 580 g/mol. The molecule has 0 unspecified atom stereocenters. The van der Waals surface area contributed by atoms with Crippen LogP contribution in [0.5, 0.6) is 5.75 Å². The maximum absolute atomic E-state index is 13.8. The Morgan fingerprint density at radius 1 is 1.12 bits per heavy atom. The second-order valence-corrected chi connectivity index (χ2v) is 11.7. The van der Waals surface area contributed by atoms with Crippen LogP contribution in [0.1, 0.15) is 37.9 Å². The van der Waals surface area contributed by atoms with Gasteiger partial charge in [-0.05, 0) is 55.3 Å². The second kappa shape index (κ2) is 11.4. The average Bonchev–Trinajstić information content (AvgIpc) is 3.26. The minimum absolute atomic E-state index is 0.0155. The maximum atomic E-state index is 13.8. The van der Waals surface area contributed by atoms with Crippen molar-refractivity contribution in [2.45, 2.75) is 38.0 Å². The summed E-state index contributed by atoms with van der Waals surface area (Å²) in [4.78, 5) is 33.1. The number of aryl methyl sites for hydroxylation is 2. The Bertz CT molecular complexity index is 1830. The number of carbonyl (C=O) groups excluding carboxylic acids is 1. The number of carbonyl (C=O) groups is 1. The molecule has 0 spiro atoms. The first-order chi connectivity index (χ1) is 19.6. The summed E-state index contributed by atoms with van der Waals surface area (Å²) >= 11 is 0. The van der Waals surface area contributed by atoms with E-state index in [4.69, 9.17) is 9.72 Å². The maximum Gasteiger partial charge on any atom is 0.277 e. The van der Waals surface area contributed by atoms with E-state index in [0.717, 1.165) is 6.42 Å². The number of halogens is 1. The van der Waals surface area contributed by atoms with Gasteiger partial charge >= 0.3 is 0 Å². The van der Waals surface area contributed by atoms with E-state index in [9.17, 15) is 22.4 Å². The Morgan fingerprint density at radius 3 is 2.59 bits per heavy atom. The number of ketones is 1. The van der Waals surface area contributed by atoms with Gasteiger partial charge in [0.05, 0.1) is 22.8 Å². The van der Waals surface area contributed by atoms with Crippen LogP contribution in [0.15, 0.2) is 57.7 Å². The molecule has 0 saturated carbocycles. The van der Waals surface area contributed by atoms with Crippen LogP contribution in [0.2, 0.25) is 0 Å². The molecule has 1 fully saturated rings. The fraction of sp³-hybridized carbons (Fsp3) is 0.310. The number of piperidine rings is 1. The fourth-order valence-electron chi connectivity index (χ4n) is 4.90. The summed E-state index contributed by atoms with van der Waals surface area (Å²) in [5.41, 5.74) is 2.29. The van der Waals surface area contributed by atoms with Crippen molar-refractivity contribution in [1.82, 2.24) is 24.1 Å². The molecule has 5 rings (SSSR count). The molecular weight excluding hydrogens is 549 g/mol. The molecule has 4 aromatic rings. The quantitative estimate of drug-likeness (QED) is 0.314. The van der Waals surface area contributed by atoms with Crippen molar-refractivity contribution >= 4 is 32.9 Å². The summed E-state index contributed by atoms with van der Waals surface area (Å²) in [6.07, 6.45) is 3.03. The number of hydrogen-bond acceptors (Lipinski definition) is 7. The number of aromatic nitrogens is 4. The smallest absolute Gasteiger partial charge is 0.277 e. The Morgan fingerprint density at radius 2 is 1.88 bits per heavy atom. The van der Waals surface area contributed by atoms with Gasteiger partial charge in [-0.1, -0.05) is 25.5 Å². The molecule has 0 aliphatic carbocycles. The van der Waals surface area contributed by atoms with Gasteiger partial charge in [-0.3, -0.25) is 14.3 Å². The van der Waals surface area contributed by atoms with Gasteiger partial charge in [0.25, 0.3) is 5.56 Å². The van der Waals surface area contributed by atoms with Crippen molar-refractivity contribution in [3.05, 3.63) is 75.5 Å². The van der Waals surface area contributed by atoms with Crippen LogP contribution in [0.3, 0.4) is 0 Å². The highest BCUT2D eigenvalue weighted by molar-refractivity contribution is 7.89. The molecule has 1 aliphatic heterocycles. The third-order valence-electron chi connectivity index (χ3n) is 6.90. The molecule has 3 heterocycles. The summed E-state index contributed by atoms with van der Waals surface area (Å²) in [5, 5.41) is 4.45. The molecule has 0 atom stereocenters. The molecular formula is C29H30FN5O5S. The van der Waals surface area contributed by atoms with Gasteiger partial charge in [0.2, 0.25) is 10.0 Å². The molecule has 0 radical (unpaired) electrons. The van der Waals surface area contributed by atoms with Gasteiger partial charge in [0.15, 0.2) is 11.3 Å². The van der Waals surface area contributed by atoms with E-state index < -0.39 is 21.4 Å². The lowest BCUT2D eigenvalue weighted by atomic mass is 10.0. The van der Waals surface area contributed by atoms with E-state index in [1.807, 2.05) is 6.92 Å². The molecule has 2 aromatic heterocycles. The summed E-state index contributed by atoms with van der Waals surface area (Å²) in [6, 6.07) is 10.0. The van der Waals surface area contributed by atoms with Gasteiger partial charge in [0, 0.05) is 32.1 Å². The number of benzene rings is 2. The van der Waals surface area contributed by atoms with Crippen molar-refractivity contribution in [2.75, 3.05) is 19.7 Å². The largest absolute Gasteiger partial charge is 0.493 e. The van der Waals surface area contributed by atoms with E-state index in [-0.39, 0.29) is 36.0 Å².